The molecule has 3 N–H and O–H groups in total. The van der Waals surface area contributed by atoms with Crippen molar-refractivity contribution >= 4 is 40.1 Å². The van der Waals surface area contributed by atoms with Gasteiger partial charge in [0.1, 0.15) is 0 Å². The number of anilines is 1. The zero-order chi connectivity index (χ0) is 10.1. The van der Waals surface area contributed by atoms with Crippen LogP contribution in [0.1, 0.15) is 0 Å². The highest BCUT2D eigenvalue weighted by Crippen LogP contribution is 2.25. The first-order valence-electron chi connectivity index (χ1n) is 3.80. The lowest BCUT2D eigenvalue weighted by Crippen LogP contribution is -1.87. The Morgan fingerprint density at radius 2 is 2.21 bits per heavy atom. The third-order valence-electron chi connectivity index (χ3n) is 1.69. The molecular formula is C8H6ClIN4. The Morgan fingerprint density at radius 3 is 2.86 bits per heavy atom. The van der Waals surface area contributed by atoms with E-state index in [0.717, 1.165) is 9.13 Å². The molecule has 0 fully saturated rings. The van der Waals surface area contributed by atoms with Gasteiger partial charge in [0.2, 0.25) is 5.95 Å². The van der Waals surface area contributed by atoms with Crippen molar-refractivity contribution in [3.05, 3.63) is 26.8 Å². The van der Waals surface area contributed by atoms with E-state index in [2.05, 4.69) is 37.8 Å². The highest BCUT2D eigenvalue weighted by atomic mass is 127. The largest absolute Gasteiger partial charge is 0.366 e. The number of benzene rings is 1. The summed E-state index contributed by atoms with van der Waals surface area (Å²) < 4.78 is 1.04. The van der Waals surface area contributed by atoms with Crippen molar-refractivity contribution in [1.29, 1.82) is 0 Å². The Kier molecular flexibility index (Phi) is 2.60. The molecule has 0 bridgehead atoms. The summed E-state index contributed by atoms with van der Waals surface area (Å²) in [6.45, 7) is 0. The van der Waals surface area contributed by atoms with Crippen LogP contribution in [0.2, 0.25) is 5.02 Å². The van der Waals surface area contributed by atoms with Crippen LogP contribution in [0.5, 0.6) is 0 Å². The topological polar surface area (TPSA) is 67.6 Å². The van der Waals surface area contributed by atoms with E-state index in [-0.39, 0.29) is 5.95 Å². The highest BCUT2D eigenvalue weighted by molar-refractivity contribution is 14.1. The molecule has 0 unspecified atom stereocenters. The summed E-state index contributed by atoms with van der Waals surface area (Å²) in [5, 5.41) is 7.16. The zero-order valence-corrected chi connectivity index (χ0v) is 9.87. The second-order valence-electron chi connectivity index (χ2n) is 2.67. The molecule has 1 heterocycles. The third kappa shape index (κ3) is 1.83. The number of hydrogen-bond acceptors (Lipinski definition) is 3. The maximum atomic E-state index is 5.88. The molecule has 4 nitrogen and oxygen atoms in total. The van der Waals surface area contributed by atoms with Gasteiger partial charge in [-0.3, -0.25) is 5.10 Å². The lowest BCUT2D eigenvalue weighted by atomic mass is 10.2. The van der Waals surface area contributed by atoms with Crippen molar-refractivity contribution in [2.75, 3.05) is 5.73 Å². The van der Waals surface area contributed by atoms with Gasteiger partial charge >= 0.3 is 0 Å². The van der Waals surface area contributed by atoms with Crippen LogP contribution in [-0.4, -0.2) is 15.2 Å². The molecule has 0 aliphatic heterocycles. The third-order valence-corrected chi connectivity index (χ3v) is 2.86. The zero-order valence-electron chi connectivity index (χ0n) is 6.96. The van der Waals surface area contributed by atoms with Crippen molar-refractivity contribution in [1.82, 2.24) is 15.2 Å². The molecule has 2 rings (SSSR count). The summed E-state index contributed by atoms with van der Waals surface area (Å²) in [7, 11) is 0. The van der Waals surface area contributed by atoms with Gasteiger partial charge in [0.15, 0.2) is 5.82 Å². The summed E-state index contributed by atoms with van der Waals surface area (Å²) in [5.74, 6) is 0.866. The number of halogens is 2. The second-order valence-corrected chi connectivity index (χ2v) is 4.27. The summed E-state index contributed by atoms with van der Waals surface area (Å²) in [4.78, 5) is 4.03. The molecule has 6 heteroatoms. The van der Waals surface area contributed by atoms with Crippen molar-refractivity contribution < 1.29 is 0 Å². The number of nitrogens with two attached hydrogens (primary N) is 1. The van der Waals surface area contributed by atoms with Crippen molar-refractivity contribution in [2.24, 2.45) is 0 Å². The maximum Gasteiger partial charge on any atom is 0.239 e. The van der Waals surface area contributed by atoms with Gasteiger partial charge in [-0.15, -0.1) is 5.10 Å². The molecule has 0 radical (unpaired) electrons. The Hall–Kier alpha value is -0.820. The van der Waals surface area contributed by atoms with E-state index >= 15 is 0 Å². The van der Waals surface area contributed by atoms with Crippen LogP contribution in [-0.2, 0) is 0 Å². The van der Waals surface area contributed by atoms with E-state index < -0.39 is 0 Å². The molecule has 0 atom stereocenters. The van der Waals surface area contributed by atoms with Gasteiger partial charge < -0.3 is 5.73 Å². The Morgan fingerprint density at radius 1 is 1.43 bits per heavy atom. The predicted octanol–water partition coefficient (Wildman–Crippen LogP) is 2.31. The van der Waals surface area contributed by atoms with Gasteiger partial charge in [0.25, 0.3) is 0 Å². The van der Waals surface area contributed by atoms with Gasteiger partial charge in [0.05, 0.1) is 0 Å². The first-order valence-corrected chi connectivity index (χ1v) is 5.26. The van der Waals surface area contributed by atoms with Crippen LogP contribution in [0.25, 0.3) is 11.4 Å². The number of aromatic amines is 1. The smallest absolute Gasteiger partial charge is 0.239 e. The SMILES string of the molecule is Nc1n[nH]c(-c2cc(Cl)ccc2I)n1. The number of rotatable bonds is 1. The molecular weight excluding hydrogens is 314 g/mol. The molecule has 0 saturated carbocycles. The lowest BCUT2D eigenvalue weighted by molar-refractivity contribution is 1.10. The minimum Gasteiger partial charge on any atom is -0.366 e. The van der Waals surface area contributed by atoms with Crippen molar-refractivity contribution in [2.45, 2.75) is 0 Å². The van der Waals surface area contributed by atoms with Gasteiger partial charge in [-0.2, -0.15) is 4.98 Å². The van der Waals surface area contributed by atoms with Crippen molar-refractivity contribution in [3.8, 4) is 11.4 Å². The summed E-state index contributed by atoms with van der Waals surface area (Å²) in [5.41, 5.74) is 6.32. The van der Waals surface area contributed by atoms with Gasteiger partial charge in [0, 0.05) is 14.2 Å². The van der Waals surface area contributed by atoms with Gasteiger partial charge in [-0.05, 0) is 40.8 Å². The van der Waals surface area contributed by atoms with Gasteiger partial charge in [-0.1, -0.05) is 11.6 Å². The first-order chi connectivity index (χ1) is 6.66. The van der Waals surface area contributed by atoms with E-state index in [1.165, 1.54) is 0 Å². The number of nitrogens with zero attached hydrogens (tertiary/aromatic N) is 2. The first kappa shape index (κ1) is 9.72. The van der Waals surface area contributed by atoms with E-state index in [1.54, 1.807) is 0 Å². The number of hydrogen-bond donors (Lipinski definition) is 2. The van der Waals surface area contributed by atoms with E-state index in [9.17, 15) is 0 Å². The number of H-pyrrole nitrogens is 1. The molecule has 1 aromatic heterocycles. The van der Waals surface area contributed by atoms with E-state index in [1.807, 2.05) is 18.2 Å². The Labute approximate surface area is 99.0 Å². The Bertz CT molecular complexity index is 468. The average Bonchev–Trinajstić information content (AvgIpc) is 2.56. The number of aromatic nitrogens is 3. The molecule has 0 amide bonds. The maximum absolute atomic E-state index is 5.88. The van der Waals surface area contributed by atoms with Crippen LogP contribution >= 0.6 is 34.2 Å². The summed E-state index contributed by atoms with van der Waals surface area (Å²) in [6, 6.07) is 5.56. The molecule has 1 aromatic carbocycles. The minimum absolute atomic E-state index is 0.232. The summed E-state index contributed by atoms with van der Waals surface area (Å²) in [6.07, 6.45) is 0. The van der Waals surface area contributed by atoms with Gasteiger partial charge in [-0.25, -0.2) is 0 Å². The molecule has 0 aliphatic carbocycles. The van der Waals surface area contributed by atoms with Crippen LogP contribution in [0.3, 0.4) is 0 Å². The number of nitrogens with one attached hydrogen (secondary N) is 1. The van der Waals surface area contributed by atoms with Crippen molar-refractivity contribution in [3.63, 3.8) is 0 Å². The fraction of sp³-hybridized carbons (Fsp3) is 0. The van der Waals surface area contributed by atoms with Crippen LogP contribution in [0, 0.1) is 3.57 Å². The highest BCUT2D eigenvalue weighted by Gasteiger charge is 2.07. The van der Waals surface area contributed by atoms with E-state index in [0.29, 0.717) is 10.8 Å². The summed E-state index contributed by atoms with van der Waals surface area (Å²) >= 11 is 8.08. The molecule has 0 saturated heterocycles. The minimum atomic E-state index is 0.232. The molecule has 72 valence electrons. The van der Waals surface area contributed by atoms with Crippen LogP contribution in [0.4, 0.5) is 5.95 Å². The number of nitrogen functional groups attached to an aromatic ring is 1. The molecule has 2 aromatic rings. The van der Waals surface area contributed by atoms with Crippen LogP contribution in [0.15, 0.2) is 18.2 Å². The fourth-order valence-corrected chi connectivity index (χ4v) is 1.84. The Balaban J connectivity index is 2.55. The molecule has 0 spiro atoms. The predicted molar refractivity (Wildman–Crippen MR) is 64.0 cm³/mol. The second kappa shape index (κ2) is 3.74. The molecule has 0 aliphatic rings. The molecule has 14 heavy (non-hydrogen) atoms. The monoisotopic (exact) mass is 320 g/mol. The normalized spacial score (nSPS) is 10.4. The van der Waals surface area contributed by atoms with E-state index in [4.69, 9.17) is 17.3 Å². The fourth-order valence-electron chi connectivity index (χ4n) is 1.07. The standard InChI is InChI=1S/C8H6ClIN4/c9-4-1-2-6(10)5(3-4)7-12-8(11)14-13-7/h1-3H,(H3,11,12,13,14). The quantitative estimate of drug-likeness (QED) is 0.792. The lowest BCUT2D eigenvalue weighted by Gasteiger charge is -2.00. The average molecular weight is 321 g/mol. The van der Waals surface area contributed by atoms with Crippen LogP contribution < -0.4 is 5.73 Å².